The van der Waals surface area contributed by atoms with Crippen molar-refractivity contribution in [1.82, 2.24) is 15.2 Å². The van der Waals surface area contributed by atoms with Crippen LogP contribution in [0.4, 0.5) is 5.13 Å². The zero-order valence-electron chi connectivity index (χ0n) is 18.8. The second-order valence-electron chi connectivity index (χ2n) is 8.71. The molecule has 9 heteroatoms. The summed E-state index contributed by atoms with van der Waals surface area (Å²) < 4.78 is 0. The third-order valence-electron chi connectivity index (χ3n) is 6.37. The van der Waals surface area contributed by atoms with Crippen molar-refractivity contribution in [3.63, 3.8) is 0 Å². The van der Waals surface area contributed by atoms with Crippen molar-refractivity contribution < 1.29 is 19.2 Å². The molecule has 1 aliphatic heterocycles. The highest BCUT2D eigenvalue weighted by molar-refractivity contribution is 7.14. The summed E-state index contributed by atoms with van der Waals surface area (Å²) in [7, 11) is 0. The average molecular weight is 469 g/mol. The summed E-state index contributed by atoms with van der Waals surface area (Å²) in [5.41, 5.74) is 2.63. The smallest absolute Gasteiger partial charge is 0.233 e. The molecule has 1 aromatic heterocycles. The third-order valence-corrected chi connectivity index (χ3v) is 7.13. The van der Waals surface area contributed by atoms with Crippen molar-refractivity contribution in [3.05, 3.63) is 35.2 Å². The quantitative estimate of drug-likeness (QED) is 0.605. The van der Waals surface area contributed by atoms with Crippen molar-refractivity contribution in [3.8, 4) is 11.3 Å². The normalized spacial score (nSPS) is 21.0. The number of carbonyl (C=O) groups excluding carboxylic acids is 4. The molecule has 2 aliphatic rings. The number of hydrogen-bond acceptors (Lipinski definition) is 6. The zero-order chi connectivity index (χ0) is 23.5. The number of likely N-dealkylation sites (tertiary alicyclic amines) is 1. The van der Waals surface area contributed by atoms with Crippen LogP contribution in [0, 0.1) is 11.8 Å². The summed E-state index contributed by atoms with van der Waals surface area (Å²) >= 11 is 1.32. The highest BCUT2D eigenvalue weighted by Gasteiger charge is 2.47. The van der Waals surface area contributed by atoms with Gasteiger partial charge in [0.1, 0.15) is 0 Å². The Morgan fingerprint density at radius 2 is 1.76 bits per heavy atom. The second-order valence-corrected chi connectivity index (χ2v) is 9.56. The van der Waals surface area contributed by atoms with E-state index in [1.807, 2.05) is 36.6 Å². The van der Waals surface area contributed by atoms with Gasteiger partial charge in [-0.25, -0.2) is 4.98 Å². The largest absolute Gasteiger partial charge is 0.350 e. The molecule has 1 aromatic carbocycles. The Labute approximate surface area is 196 Å². The van der Waals surface area contributed by atoms with Crippen LogP contribution in [-0.4, -0.2) is 40.1 Å². The van der Waals surface area contributed by atoms with Gasteiger partial charge in [0, 0.05) is 30.8 Å². The molecular formula is C24H28N4O4S. The molecule has 174 valence electrons. The van der Waals surface area contributed by atoms with Gasteiger partial charge in [0.15, 0.2) is 5.13 Å². The van der Waals surface area contributed by atoms with Gasteiger partial charge in [-0.1, -0.05) is 37.1 Å². The van der Waals surface area contributed by atoms with E-state index in [2.05, 4.69) is 15.6 Å². The van der Waals surface area contributed by atoms with Gasteiger partial charge in [-0.15, -0.1) is 11.3 Å². The lowest BCUT2D eigenvalue weighted by atomic mass is 9.81. The fourth-order valence-corrected chi connectivity index (χ4v) is 5.38. The lowest BCUT2D eigenvalue weighted by molar-refractivity contribution is -0.140. The minimum absolute atomic E-state index is 0.0571. The molecule has 0 bridgehead atoms. The van der Waals surface area contributed by atoms with E-state index in [0.29, 0.717) is 5.13 Å². The average Bonchev–Trinajstić information content (AvgIpc) is 3.35. The van der Waals surface area contributed by atoms with Crippen LogP contribution in [0.2, 0.25) is 0 Å². The molecule has 33 heavy (non-hydrogen) atoms. The Bertz CT molecular complexity index is 1040. The van der Waals surface area contributed by atoms with Crippen LogP contribution in [0.5, 0.6) is 0 Å². The molecule has 0 radical (unpaired) electrons. The molecule has 4 rings (SSSR count). The van der Waals surface area contributed by atoms with Crippen LogP contribution in [0.1, 0.15) is 57.6 Å². The lowest BCUT2D eigenvalue weighted by Crippen LogP contribution is -2.34. The second kappa shape index (κ2) is 9.82. The van der Waals surface area contributed by atoms with Gasteiger partial charge < -0.3 is 10.6 Å². The molecule has 1 saturated heterocycles. The summed E-state index contributed by atoms with van der Waals surface area (Å²) in [5, 5.41) is 7.95. The van der Waals surface area contributed by atoms with Crippen molar-refractivity contribution in [2.45, 2.75) is 52.0 Å². The van der Waals surface area contributed by atoms with Gasteiger partial charge in [0.25, 0.3) is 0 Å². The number of anilines is 1. The lowest BCUT2D eigenvalue weighted by Gasteiger charge is -2.19. The first-order valence-corrected chi connectivity index (χ1v) is 12.2. The highest BCUT2D eigenvalue weighted by Crippen LogP contribution is 2.38. The SMILES string of the molecule is CC(=O)NC(C)c1ccc(-c2csc(NC(=O)CCN3C(=O)C4CCCCC4C3=O)n2)cc1. The van der Waals surface area contributed by atoms with E-state index in [-0.39, 0.29) is 54.5 Å². The number of rotatable bonds is 7. The van der Waals surface area contributed by atoms with Gasteiger partial charge in [-0.2, -0.15) is 0 Å². The van der Waals surface area contributed by atoms with Gasteiger partial charge in [0.2, 0.25) is 23.6 Å². The van der Waals surface area contributed by atoms with Crippen LogP contribution in [-0.2, 0) is 19.2 Å². The first kappa shape index (κ1) is 23.1. The Hall–Kier alpha value is -3.07. The van der Waals surface area contributed by atoms with E-state index >= 15 is 0 Å². The number of fused-ring (bicyclic) bond motifs is 1. The van der Waals surface area contributed by atoms with Crippen LogP contribution < -0.4 is 10.6 Å². The van der Waals surface area contributed by atoms with Crippen LogP contribution >= 0.6 is 11.3 Å². The molecule has 4 amide bonds. The number of carbonyl (C=O) groups is 4. The highest BCUT2D eigenvalue weighted by atomic mass is 32.1. The van der Waals surface area contributed by atoms with Crippen molar-refractivity contribution in [1.29, 1.82) is 0 Å². The topological polar surface area (TPSA) is 108 Å². The number of nitrogens with one attached hydrogen (secondary N) is 2. The predicted molar refractivity (Wildman–Crippen MR) is 125 cm³/mol. The van der Waals surface area contributed by atoms with E-state index in [9.17, 15) is 19.2 Å². The first-order valence-electron chi connectivity index (χ1n) is 11.3. The molecule has 2 aromatic rings. The van der Waals surface area contributed by atoms with E-state index in [4.69, 9.17) is 0 Å². The maximum atomic E-state index is 12.5. The fourth-order valence-electron chi connectivity index (χ4n) is 4.64. The molecule has 3 atom stereocenters. The number of hydrogen-bond donors (Lipinski definition) is 2. The molecule has 1 aliphatic carbocycles. The Balaban J connectivity index is 1.31. The maximum absolute atomic E-state index is 12.5. The third kappa shape index (κ3) is 5.13. The molecule has 0 spiro atoms. The Morgan fingerprint density at radius 3 is 2.36 bits per heavy atom. The minimum atomic E-state index is -0.272. The predicted octanol–water partition coefficient (Wildman–Crippen LogP) is 3.51. The van der Waals surface area contributed by atoms with E-state index in [0.717, 1.165) is 42.5 Å². The molecule has 2 fully saturated rings. The Morgan fingerprint density at radius 1 is 1.12 bits per heavy atom. The van der Waals surface area contributed by atoms with E-state index < -0.39 is 0 Å². The van der Waals surface area contributed by atoms with E-state index in [1.54, 1.807) is 0 Å². The zero-order valence-corrected chi connectivity index (χ0v) is 19.6. The van der Waals surface area contributed by atoms with Gasteiger partial charge in [-0.05, 0) is 25.3 Å². The maximum Gasteiger partial charge on any atom is 0.233 e. The fraction of sp³-hybridized carbons (Fsp3) is 0.458. The van der Waals surface area contributed by atoms with Crippen molar-refractivity contribution in [2.75, 3.05) is 11.9 Å². The number of amides is 4. The molecule has 3 unspecified atom stereocenters. The first-order chi connectivity index (χ1) is 15.8. The monoisotopic (exact) mass is 468 g/mol. The van der Waals surface area contributed by atoms with Crippen LogP contribution in [0.25, 0.3) is 11.3 Å². The number of benzene rings is 1. The summed E-state index contributed by atoms with van der Waals surface area (Å²) in [6.07, 6.45) is 3.57. The van der Waals surface area contributed by atoms with Crippen molar-refractivity contribution in [2.24, 2.45) is 11.8 Å². The molecular weight excluding hydrogens is 440 g/mol. The number of aromatic nitrogens is 1. The Kier molecular flexibility index (Phi) is 6.88. The summed E-state index contributed by atoms with van der Waals surface area (Å²) in [6.45, 7) is 3.52. The van der Waals surface area contributed by atoms with Gasteiger partial charge >= 0.3 is 0 Å². The molecule has 8 nitrogen and oxygen atoms in total. The summed E-state index contributed by atoms with van der Waals surface area (Å²) in [4.78, 5) is 54.5. The van der Waals surface area contributed by atoms with Crippen molar-refractivity contribution >= 4 is 40.1 Å². The number of thiazole rings is 1. The number of nitrogens with zero attached hydrogens (tertiary/aromatic N) is 2. The van der Waals surface area contributed by atoms with Crippen LogP contribution in [0.15, 0.2) is 29.6 Å². The van der Waals surface area contributed by atoms with Crippen LogP contribution in [0.3, 0.4) is 0 Å². The molecule has 2 N–H and O–H groups in total. The van der Waals surface area contributed by atoms with Gasteiger partial charge in [0.05, 0.1) is 23.6 Å². The molecule has 2 heterocycles. The standard InChI is InChI=1S/C24H28N4O4S/c1-14(25-15(2)29)16-7-9-17(10-8-16)20-13-33-24(26-20)27-21(30)11-12-28-22(31)18-5-3-4-6-19(18)23(28)32/h7-10,13-14,18-19H,3-6,11-12H2,1-2H3,(H,25,29)(H,26,27,30). The van der Waals surface area contributed by atoms with E-state index in [1.165, 1.54) is 23.2 Å². The molecule has 1 saturated carbocycles. The van der Waals surface area contributed by atoms with Gasteiger partial charge in [-0.3, -0.25) is 24.1 Å². The summed E-state index contributed by atoms with van der Waals surface area (Å²) in [6, 6.07) is 7.65. The summed E-state index contributed by atoms with van der Waals surface area (Å²) in [5.74, 6) is -0.975. The number of imide groups is 1. The minimum Gasteiger partial charge on any atom is -0.350 e.